The number of hydrogen-bond donors (Lipinski definition) is 0. The van der Waals surface area contributed by atoms with Crippen molar-refractivity contribution in [3.8, 4) is 0 Å². The van der Waals surface area contributed by atoms with Gasteiger partial charge in [-0.2, -0.15) is 0 Å². The van der Waals surface area contributed by atoms with E-state index in [0.717, 1.165) is 58.0 Å². The van der Waals surface area contributed by atoms with Crippen molar-refractivity contribution >= 4 is 11.6 Å². The van der Waals surface area contributed by atoms with E-state index in [4.69, 9.17) is 9.47 Å². The first-order valence-corrected chi connectivity index (χ1v) is 9.48. The van der Waals surface area contributed by atoms with E-state index in [1.54, 1.807) is 0 Å². The van der Waals surface area contributed by atoms with Gasteiger partial charge < -0.3 is 19.3 Å². The molecule has 1 aromatic rings. The van der Waals surface area contributed by atoms with Gasteiger partial charge in [0.1, 0.15) is 0 Å². The molecule has 6 heteroatoms. The number of hydrogen-bond acceptors (Lipinski definition) is 5. The summed E-state index contributed by atoms with van der Waals surface area (Å²) in [6.45, 7) is 4.84. The smallest absolute Gasteiger partial charge is 0.226 e. The first kappa shape index (κ1) is 15.6. The van der Waals surface area contributed by atoms with Crippen molar-refractivity contribution in [1.82, 2.24) is 9.88 Å². The molecule has 0 radical (unpaired) electrons. The Hall–Kier alpha value is -1.66. The standard InChI is InChI=1S/C19H25N3O3/c23-19(18-14-11-24-12-15(14)18)21-6-3-16-17(4-7-21)25-9-8-22(16)13-2-1-5-20-10-13/h1-2,5,10,14-18H,3-4,6-9,11-12H2/t14-,15+,16?,17?,18?. The van der Waals surface area contributed by atoms with Gasteiger partial charge >= 0.3 is 0 Å². The molecule has 3 unspecified atom stereocenters. The van der Waals surface area contributed by atoms with Crippen LogP contribution in [0, 0.1) is 17.8 Å². The molecule has 4 aliphatic rings. The summed E-state index contributed by atoms with van der Waals surface area (Å²) in [5, 5.41) is 0. The van der Waals surface area contributed by atoms with Gasteiger partial charge in [0, 0.05) is 31.7 Å². The second-order valence-electron chi connectivity index (χ2n) is 7.67. The molecule has 0 N–H and O–H groups in total. The largest absolute Gasteiger partial charge is 0.381 e. The molecule has 5 rings (SSSR count). The van der Waals surface area contributed by atoms with Gasteiger partial charge in [-0.1, -0.05) is 0 Å². The number of nitrogens with zero attached hydrogens (tertiary/aromatic N) is 3. The number of carbonyl (C=O) groups is 1. The van der Waals surface area contributed by atoms with Gasteiger partial charge in [-0.3, -0.25) is 9.78 Å². The lowest BCUT2D eigenvalue weighted by Gasteiger charge is -2.41. The van der Waals surface area contributed by atoms with Crippen LogP contribution in [-0.4, -0.2) is 67.4 Å². The zero-order chi connectivity index (χ0) is 16.8. The van der Waals surface area contributed by atoms with Gasteiger partial charge in [-0.05, 0) is 36.8 Å². The Balaban J connectivity index is 1.29. The van der Waals surface area contributed by atoms with Crippen LogP contribution in [0.25, 0.3) is 0 Å². The fraction of sp³-hybridized carbons (Fsp3) is 0.684. The number of likely N-dealkylation sites (tertiary alicyclic amines) is 1. The van der Waals surface area contributed by atoms with E-state index in [1.807, 2.05) is 18.5 Å². The topological polar surface area (TPSA) is 54.9 Å². The quantitative estimate of drug-likeness (QED) is 0.807. The Morgan fingerprint density at radius 2 is 2.00 bits per heavy atom. The minimum Gasteiger partial charge on any atom is -0.381 e. The van der Waals surface area contributed by atoms with E-state index < -0.39 is 0 Å². The predicted octanol–water partition coefficient (Wildman–Crippen LogP) is 1.17. The Morgan fingerprint density at radius 1 is 1.16 bits per heavy atom. The zero-order valence-electron chi connectivity index (χ0n) is 14.4. The van der Waals surface area contributed by atoms with Crippen LogP contribution in [0.15, 0.2) is 24.5 Å². The molecular weight excluding hydrogens is 318 g/mol. The summed E-state index contributed by atoms with van der Waals surface area (Å²) in [6.07, 6.45) is 5.83. The first-order chi connectivity index (χ1) is 12.3. The van der Waals surface area contributed by atoms with E-state index in [2.05, 4.69) is 20.9 Å². The van der Waals surface area contributed by atoms with E-state index in [9.17, 15) is 4.79 Å². The predicted molar refractivity (Wildman–Crippen MR) is 92.2 cm³/mol. The Kier molecular flexibility index (Phi) is 3.90. The molecule has 0 spiro atoms. The molecule has 0 aromatic carbocycles. The summed E-state index contributed by atoms with van der Waals surface area (Å²) in [6, 6.07) is 4.44. The van der Waals surface area contributed by atoms with Gasteiger partial charge in [-0.25, -0.2) is 0 Å². The molecule has 4 fully saturated rings. The monoisotopic (exact) mass is 343 g/mol. The van der Waals surface area contributed by atoms with Crippen LogP contribution in [-0.2, 0) is 14.3 Å². The third-order valence-corrected chi connectivity index (χ3v) is 6.40. The summed E-state index contributed by atoms with van der Waals surface area (Å²) in [4.78, 5) is 21.7. The van der Waals surface area contributed by atoms with Crippen molar-refractivity contribution in [2.24, 2.45) is 17.8 Å². The Morgan fingerprint density at radius 3 is 2.80 bits per heavy atom. The van der Waals surface area contributed by atoms with Crippen LogP contribution in [0.1, 0.15) is 12.8 Å². The highest BCUT2D eigenvalue weighted by molar-refractivity contribution is 5.82. The minimum absolute atomic E-state index is 0.203. The number of morpholine rings is 1. The van der Waals surface area contributed by atoms with Crippen LogP contribution in [0.2, 0.25) is 0 Å². The number of fused-ring (bicyclic) bond motifs is 2. The van der Waals surface area contributed by atoms with Crippen LogP contribution in [0.5, 0.6) is 0 Å². The summed E-state index contributed by atoms with van der Waals surface area (Å²) in [5.74, 6) is 1.55. The van der Waals surface area contributed by atoms with Gasteiger partial charge in [0.05, 0.1) is 43.9 Å². The van der Waals surface area contributed by atoms with Crippen LogP contribution in [0.3, 0.4) is 0 Å². The molecule has 1 amide bonds. The first-order valence-electron chi connectivity index (χ1n) is 9.48. The maximum atomic E-state index is 12.9. The van der Waals surface area contributed by atoms with Crippen molar-refractivity contribution in [1.29, 1.82) is 0 Å². The summed E-state index contributed by atoms with van der Waals surface area (Å²) in [5.41, 5.74) is 1.16. The van der Waals surface area contributed by atoms with E-state index in [0.29, 0.717) is 23.8 Å². The summed E-state index contributed by atoms with van der Waals surface area (Å²) >= 11 is 0. The number of aromatic nitrogens is 1. The molecule has 134 valence electrons. The van der Waals surface area contributed by atoms with Crippen molar-refractivity contribution in [3.05, 3.63) is 24.5 Å². The molecule has 3 aliphatic heterocycles. The lowest BCUT2D eigenvalue weighted by Crippen LogP contribution is -2.51. The average molecular weight is 343 g/mol. The molecule has 3 saturated heterocycles. The molecule has 0 bridgehead atoms. The molecule has 5 atom stereocenters. The maximum absolute atomic E-state index is 12.9. The minimum atomic E-state index is 0.203. The zero-order valence-corrected chi connectivity index (χ0v) is 14.4. The molecule has 25 heavy (non-hydrogen) atoms. The average Bonchev–Trinajstić information content (AvgIpc) is 3.24. The van der Waals surface area contributed by atoms with Crippen molar-refractivity contribution in [2.45, 2.75) is 25.0 Å². The second-order valence-corrected chi connectivity index (χ2v) is 7.67. The number of anilines is 1. The molecule has 1 aromatic heterocycles. The molecule has 1 aliphatic carbocycles. The molecular formula is C19H25N3O3. The highest BCUT2D eigenvalue weighted by atomic mass is 16.5. The highest BCUT2D eigenvalue weighted by Gasteiger charge is 2.59. The Labute approximate surface area is 148 Å². The summed E-state index contributed by atoms with van der Waals surface area (Å²) < 4.78 is 11.5. The summed E-state index contributed by atoms with van der Waals surface area (Å²) in [7, 11) is 0. The SMILES string of the molecule is O=C(C1[C@H]2COC[C@@H]12)N1CCC2OCCN(c3cccnc3)C2CC1. The molecule has 6 nitrogen and oxygen atoms in total. The van der Waals surface area contributed by atoms with E-state index in [1.165, 1.54) is 0 Å². The Bertz CT molecular complexity index is 630. The lowest BCUT2D eigenvalue weighted by atomic mass is 10.0. The second kappa shape index (κ2) is 6.25. The fourth-order valence-corrected chi connectivity index (χ4v) is 4.96. The maximum Gasteiger partial charge on any atom is 0.226 e. The van der Waals surface area contributed by atoms with E-state index >= 15 is 0 Å². The van der Waals surface area contributed by atoms with Gasteiger partial charge in [0.2, 0.25) is 5.91 Å². The van der Waals surface area contributed by atoms with Crippen LogP contribution in [0.4, 0.5) is 5.69 Å². The van der Waals surface area contributed by atoms with Gasteiger partial charge in [0.25, 0.3) is 0 Å². The van der Waals surface area contributed by atoms with E-state index in [-0.39, 0.29) is 12.0 Å². The van der Waals surface area contributed by atoms with Crippen molar-refractivity contribution in [3.63, 3.8) is 0 Å². The number of rotatable bonds is 2. The number of pyridine rings is 1. The van der Waals surface area contributed by atoms with Gasteiger partial charge in [-0.15, -0.1) is 0 Å². The number of ether oxygens (including phenoxy) is 2. The third kappa shape index (κ3) is 2.72. The third-order valence-electron chi connectivity index (χ3n) is 6.40. The van der Waals surface area contributed by atoms with Crippen LogP contribution < -0.4 is 4.90 Å². The number of carbonyl (C=O) groups excluding carboxylic acids is 1. The fourth-order valence-electron chi connectivity index (χ4n) is 4.96. The van der Waals surface area contributed by atoms with Crippen LogP contribution >= 0.6 is 0 Å². The van der Waals surface area contributed by atoms with Gasteiger partial charge in [0.15, 0.2) is 0 Å². The lowest BCUT2D eigenvalue weighted by molar-refractivity contribution is -0.134. The van der Waals surface area contributed by atoms with Crippen molar-refractivity contribution in [2.75, 3.05) is 44.4 Å². The number of amides is 1. The molecule has 4 heterocycles. The normalized spacial score (nSPS) is 37.2. The van der Waals surface area contributed by atoms with Crippen molar-refractivity contribution < 1.29 is 14.3 Å². The molecule has 1 saturated carbocycles. The highest BCUT2D eigenvalue weighted by Crippen LogP contribution is 2.51.